The number of aromatic nitrogens is 2. The monoisotopic (exact) mass is 384 g/mol. The molecule has 0 saturated carbocycles. The van der Waals surface area contributed by atoms with Crippen LogP contribution < -0.4 is 10.1 Å². The zero-order valence-corrected chi connectivity index (χ0v) is 17.8. The Labute approximate surface area is 167 Å². The van der Waals surface area contributed by atoms with Crippen molar-refractivity contribution in [2.24, 2.45) is 0 Å². The fraction of sp³-hybridized carbons (Fsp3) is 0.545. The van der Waals surface area contributed by atoms with Gasteiger partial charge in [0.1, 0.15) is 11.8 Å². The highest BCUT2D eigenvalue weighted by Gasteiger charge is 2.38. The first-order valence-electron chi connectivity index (χ1n) is 10.2. The smallest absolute Gasteiger partial charge is 0.247 e. The molecule has 1 amide bonds. The van der Waals surface area contributed by atoms with Crippen LogP contribution in [0.4, 0.5) is 5.69 Å². The van der Waals surface area contributed by atoms with E-state index in [0.717, 1.165) is 35.8 Å². The average Bonchev–Trinajstić information content (AvgIpc) is 3.06. The lowest BCUT2D eigenvalue weighted by Crippen LogP contribution is -2.46. The van der Waals surface area contributed by atoms with Gasteiger partial charge in [0.2, 0.25) is 5.91 Å². The maximum atomic E-state index is 13.4. The number of carbonyl (C=O) groups is 1. The van der Waals surface area contributed by atoms with E-state index < -0.39 is 0 Å². The van der Waals surface area contributed by atoms with Crippen molar-refractivity contribution in [3.8, 4) is 5.75 Å². The summed E-state index contributed by atoms with van der Waals surface area (Å²) in [5.74, 6) is 0.782. The SMILES string of the molecule is CC(C)Oc1ccc(NC(=O)C2c3c(ncn3C(C)C)CCN2C(C)C)cc1. The molecule has 6 heteroatoms. The molecule has 0 bridgehead atoms. The minimum Gasteiger partial charge on any atom is -0.491 e. The molecule has 0 radical (unpaired) electrons. The Morgan fingerprint density at radius 2 is 1.79 bits per heavy atom. The number of rotatable bonds is 6. The van der Waals surface area contributed by atoms with Crippen LogP contribution in [0.25, 0.3) is 0 Å². The van der Waals surface area contributed by atoms with Crippen molar-refractivity contribution in [1.82, 2.24) is 14.5 Å². The van der Waals surface area contributed by atoms with Crippen LogP contribution in [-0.2, 0) is 11.2 Å². The highest BCUT2D eigenvalue weighted by Crippen LogP contribution is 2.33. The largest absolute Gasteiger partial charge is 0.491 e. The molecular weight excluding hydrogens is 352 g/mol. The number of carbonyl (C=O) groups excluding carboxylic acids is 1. The highest BCUT2D eigenvalue weighted by atomic mass is 16.5. The zero-order valence-electron chi connectivity index (χ0n) is 17.8. The number of fused-ring (bicyclic) bond motifs is 1. The van der Waals surface area contributed by atoms with Crippen LogP contribution in [0.1, 0.15) is 65.0 Å². The Bertz CT molecular complexity index is 808. The Morgan fingerprint density at radius 3 is 2.36 bits per heavy atom. The summed E-state index contributed by atoms with van der Waals surface area (Å²) < 4.78 is 7.82. The molecule has 1 aromatic carbocycles. The van der Waals surface area contributed by atoms with Crippen molar-refractivity contribution in [2.45, 2.75) is 72.2 Å². The zero-order chi connectivity index (χ0) is 20.4. The minimum atomic E-state index is -0.347. The quantitative estimate of drug-likeness (QED) is 0.811. The molecule has 0 fully saturated rings. The van der Waals surface area contributed by atoms with Crippen molar-refractivity contribution >= 4 is 11.6 Å². The van der Waals surface area contributed by atoms with Crippen LogP contribution in [0.15, 0.2) is 30.6 Å². The van der Waals surface area contributed by atoms with Gasteiger partial charge in [0.05, 0.1) is 23.8 Å². The Hall–Kier alpha value is -2.34. The summed E-state index contributed by atoms with van der Waals surface area (Å²) >= 11 is 0. The van der Waals surface area contributed by atoms with Gasteiger partial charge in [-0.15, -0.1) is 0 Å². The van der Waals surface area contributed by atoms with E-state index in [1.807, 2.05) is 44.4 Å². The van der Waals surface area contributed by atoms with E-state index in [2.05, 4.69) is 47.5 Å². The molecule has 0 aliphatic carbocycles. The average molecular weight is 385 g/mol. The van der Waals surface area contributed by atoms with E-state index in [1.165, 1.54) is 0 Å². The summed E-state index contributed by atoms with van der Waals surface area (Å²) in [6.07, 6.45) is 2.87. The predicted octanol–water partition coefficient (Wildman–Crippen LogP) is 4.20. The molecule has 0 spiro atoms. The number of hydrogen-bond acceptors (Lipinski definition) is 4. The molecule has 2 heterocycles. The van der Waals surface area contributed by atoms with Gasteiger partial charge in [0.15, 0.2) is 0 Å². The summed E-state index contributed by atoms with van der Waals surface area (Å²) in [4.78, 5) is 20.2. The molecule has 1 aromatic heterocycles. The lowest BCUT2D eigenvalue weighted by Gasteiger charge is -2.38. The van der Waals surface area contributed by atoms with Gasteiger partial charge in [-0.2, -0.15) is 0 Å². The summed E-state index contributed by atoms with van der Waals surface area (Å²) in [5, 5.41) is 3.10. The second-order valence-corrected chi connectivity index (χ2v) is 8.24. The molecule has 152 valence electrons. The molecule has 3 rings (SSSR count). The van der Waals surface area contributed by atoms with E-state index in [9.17, 15) is 4.79 Å². The van der Waals surface area contributed by atoms with Crippen molar-refractivity contribution in [3.05, 3.63) is 42.0 Å². The lowest BCUT2D eigenvalue weighted by atomic mass is 9.99. The maximum absolute atomic E-state index is 13.4. The van der Waals surface area contributed by atoms with Crippen LogP contribution in [0.5, 0.6) is 5.75 Å². The number of benzene rings is 1. The van der Waals surface area contributed by atoms with Gasteiger partial charge in [-0.1, -0.05) is 0 Å². The Morgan fingerprint density at radius 1 is 1.11 bits per heavy atom. The summed E-state index contributed by atoms with van der Waals surface area (Å²) in [6, 6.07) is 7.73. The number of nitrogens with one attached hydrogen (secondary N) is 1. The molecule has 0 saturated heterocycles. The number of ether oxygens (including phenoxy) is 1. The van der Waals surface area contributed by atoms with Crippen LogP contribution >= 0.6 is 0 Å². The second-order valence-electron chi connectivity index (χ2n) is 8.24. The maximum Gasteiger partial charge on any atom is 0.247 e. The second kappa shape index (κ2) is 8.35. The van der Waals surface area contributed by atoms with Gasteiger partial charge in [0, 0.05) is 30.7 Å². The molecular formula is C22H32N4O2. The number of imidazole rings is 1. The molecule has 28 heavy (non-hydrogen) atoms. The fourth-order valence-corrected chi connectivity index (χ4v) is 3.76. The van der Waals surface area contributed by atoms with Crippen molar-refractivity contribution in [3.63, 3.8) is 0 Å². The van der Waals surface area contributed by atoms with Crippen LogP contribution in [0.2, 0.25) is 0 Å². The van der Waals surface area contributed by atoms with E-state index >= 15 is 0 Å². The Kier molecular flexibility index (Phi) is 6.08. The molecule has 1 aliphatic rings. The minimum absolute atomic E-state index is 0.0189. The van der Waals surface area contributed by atoms with Gasteiger partial charge < -0.3 is 14.6 Å². The molecule has 2 aromatic rings. The normalized spacial score (nSPS) is 17.2. The van der Waals surface area contributed by atoms with Gasteiger partial charge in [0.25, 0.3) is 0 Å². The molecule has 6 nitrogen and oxygen atoms in total. The highest BCUT2D eigenvalue weighted by molar-refractivity contribution is 5.95. The summed E-state index contributed by atoms with van der Waals surface area (Å²) in [5.41, 5.74) is 2.83. The Balaban J connectivity index is 1.87. The number of anilines is 1. The standard InChI is InChI=1S/C22H32N4O2/c1-14(2)25-12-11-19-20(26(13-23-19)15(3)4)21(25)22(27)24-17-7-9-18(10-8-17)28-16(5)6/h7-10,13-16,21H,11-12H2,1-6H3,(H,24,27). The molecule has 1 N–H and O–H groups in total. The van der Waals surface area contributed by atoms with Gasteiger partial charge >= 0.3 is 0 Å². The van der Waals surface area contributed by atoms with Crippen molar-refractivity contribution in [1.29, 1.82) is 0 Å². The predicted molar refractivity (Wildman–Crippen MR) is 112 cm³/mol. The van der Waals surface area contributed by atoms with E-state index in [-0.39, 0.29) is 30.1 Å². The number of nitrogens with zero attached hydrogens (tertiary/aromatic N) is 3. The van der Waals surface area contributed by atoms with Crippen LogP contribution in [0.3, 0.4) is 0 Å². The first kappa shape index (κ1) is 20.4. The number of amides is 1. The fourth-order valence-electron chi connectivity index (χ4n) is 3.76. The van der Waals surface area contributed by atoms with E-state index in [0.29, 0.717) is 0 Å². The van der Waals surface area contributed by atoms with Crippen molar-refractivity contribution < 1.29 is 9.53 Å². The number of hydrogen-bond donors (Lipinski definition) is 1. The topological polar surface area (TPSA) is 59.4 Å². The lowest BCUT2D eigenvalue weighted by molar-refractivity contribution is -0.123. The van der Waals surface area contributed by atoms with E-state index in [4.69, 9.17) is 4.74 Å². The third-order valence-electron chi connectivity index (χ3n) is 5.07. The third kappa shape index (κ3) is 4.22. The van der Waals surface area contributed by atoms with Gasteiger partial charge in [-0.25, -0.2) is 4.98 Å². The third-order valence-corrected chi connectivity index (χ3v) is 5.07. The van der Waals surface area contributed by atoms with Crippen LogP contribution in [-0.4, -0.2) is 39.0 Å². The molecule has 1 aliphatic heterocycles. The van der Waals surface area contributed by atoms with Crippen LogP contribution in [0, 0.1) is 0 Å². The first-order chi connectivity index (χ1) is 13.3. The summed E-state index contributed by atoms with van der Waals surface area (Å²) in [7, 11) is 0. The molecule has 1 atom stereocenters. The van der Waals surface area contributed by atoms with Gasteiger partial charge in [-0.05, 0) is 65.8 Å². The first-order valence-corrected chi connectivity index (χ1v) is 10.2. The van der Waals surface area contributed by atoms with Gasteiger partial charge in [-0.3, -0.25) is 9.69 Å². The molecule has 1 unspecified atom stereocenters. The van der Waals surface area contributed by atoms with E-state index in [1.54, 1.807) is 0 Å². The van der Waals surface area contributed by atoms with Crippen molar-refractivity contribution in [2.75, 3.05) is 11.9 Å². The summed E-state index contributed by atoms with van der Waals surface area (Å²) in [6.45, 7) is 13.3.